The van der Waals surface area contributed by atoms with Crippen molar-refractivity contribution in [2.45, 2.75) is 32.3 Å². The summed E-state index contributed by atoms with van der Waals surface area (Å²) in [7, 11) is 0. The van der Waals surface area contributed by atoms with E-state index in [2.05, 4.69) is 13.5 Å². The van der Waals surface area contributed by atoms with Gasteiger partial charge in [-0.05, 0) is 31.1 Å². The second kappa shape index (κ2) is 2.88. The van der Waals surface area contributed by atoms with Crippen LogP contribution in [-0.4, -0.2) is 6.10 Å². The molecule has 2 fully saturated rings. The van der Waals surface area contributed by atoms with E-state index < -0.39 is 0 Å². The third kappa shape index (κ3) is 1.11. The first-order valence-electron chi connectivity index (χ1n) is 5.00. The molecule has 0 heterocycles. The second-order valence-electron chi connectivity index (χ2n) is 4.55. The predicted octanol–water partition coefficient (Wildman–Crippen LogP) is 1.58. The molecule has 0 spiro atoms. The lowest BCUT2D eigenvalue weighted by Gasteiger charge is -2.29. The molecule has 0 amide bonds. The molecule has 1 nitrogen and oxygen atoms in total. The van der Waals surface area contributed by atoms with Gasteiger partial charge in [-0.25, -0.2) is 0 Å². The van der Waals surface area contributed by atoms with E-state index in [1.165, 1.54) is 12.8 Å². The summed E-state index contributed by atoms with van der Waals surface area (Å²) in [5.41, 5.74) is 0. The van der Waals surface area contributed by atoms with Gasteiger partial charge in [0.25, 0.3) is 0 Å². The summed E-state index contributed by atoms with van der Waals surface area (Å²) >= 11 is 0. The number of hydrogen-bond acceptors (Lipinski definition) is 1. The van der Waals surface area contributed by atoms with E-state index >= 15 is 0 Å². The third-order valence-corrected chi connectivity index (χ3v) is 3.88. The first-order chi connectivity index (χ1) is 5.72. The minimum absolute atomic E-state index is 0.278. The number of fused-ring (bicyclic) bond motifs is 2. The molecule has 5 unspecified atom stereocenters. The van der Waals surface area contributed by atoms with Gasteiger partial charge in [0.1, 0.15) is 0 Å². The smallest absolute Gasteiger partial charge is 0.0231 e. The molecule has 0 N–H and O–H groups in total. The molecule has 68 valence electrons. The lowest BCUT2D eigenvalue weighted by Crippen LogP contribution is -2.34. The minimum atomic E-state index is -0.278. The summed E-state index contributed by atoms with van der Waals surface area (Å²) in [5.74, 6) is 2.21. The summed E-state index contributed by atoms with van der Waals surface area (Å²) in [6.07, 6.45) is 5.29. The molecule has 0 aliphatic heterocycles. The Morgan fingerprint density at radius 2 is 1.92 bits per heavy atom. The predicted molar refractivity (Wildman–Crippen MR) is 47.5 cm³/mol. The summed E-state index contributed by atoms with van der Waals surface area (Å²) in [6, 6.07) is 0. The Morgan fingerprint density at radius 1 is 1.25 bits per heavy atom. The summed E-state index contributed by atoms with van der Waals surface area (Å²) in [4.78, 5) is 0. The van der Waals surface area contributed by atoms with Crippen LogP contribution in [-0.2, 0) is 0 Å². The fraction of sp³-hybridized carbons (Fsp3) is 0.818. The zero-order valence-corrected chi connectivity index (χ0v) is 7.70. The van der Waals surface area contributed by atoms with Crippen LogP contribution in [0, 0.1) is 23.7 Å². The highest BCUT2D eigenvalue weighted by Crippen LogP contribution is 2.47. The first-order valence-corrected chi connectivity index (χ1v) is 5.00. The number of rotatable bonds is 1. The average Bonchev–Trinajstić information content (AvgIpc) is 2.30. The lowest BCUT2D eigenvalue weighted by molar-refractivity contribution is -0.438. The van der Waals surface area contributed by atoms with Crippen molar-refractivity contribution < 1.29 is 5.11 Å². The van der Waals surface area contributed by atoms with Gasteiger partial charge >= 0.3 is 0 Å². The Morgan fingerprint density at radius 3 is 2.50 bits per heavy atom. The summed E-state index contributed by atoms with van der Waals surface area (Å²) in [6.45, 7) is 5.96. The van der Waals surface area contributed by atoms with Gasteiger partial charge in [-0.3, -0.25) is 0 Å². The maximum Gasteiger partial charge on any atom is -0.0231 e. The quantitative estimate of drug-likeness (QED) is 0.541. The van der Waals surface area contributed by atoms with Crippen LogP contribution in [0.3, 0.4) is 0 Å². The Labute approximate surface area is 74.5 Å². The van der Waals surface area contributed by atoms with Crippen LogP contribution in [0.1, 0.15) is 26.2 Å². The SMILES string of the molecule is C=CC1CC2CC(C1)C([O-])C2C. The lowest BCUT2D eigenvalue weighted by atomic mass is 9.80. The van der Waals surface area contributed by atoms with Gasteiger partial charge < -0.3 is 5.11 Å². The molecule has 0 aromatic carbocycles. The molecule has 2 rings (SSSR count). The third-order valence-electron chi connectivity index (χ3n) is 3.88. The van der Waals surface area contributed by atoms with Crippen molar-refractivity contribution >= 4 is 0 Å². The van der Waals surface area contributed by atoms with E-state index in [9.17, 15) is 5.11 Å². The highest BCUT2D eigenvalue weighted by Gasteiger charge is 2.39. The Kier molecular flexibility index (Phi) is 1.99. The van der Waals surface area contributed by atoms with Gasteiger partial charge in [0, 0.05) is 0 Å². The Hall–Kier alpha value is -0.300. The molecule has 2 saturated carbocycles. The normalized spacial score (nSPS) is 52.3. The van der Waals surface area contributed by atoms with Crippen molar-refractivity contribution in [3.63, 3.8) is 0 Å². The van der Waals surface area contributed by atoms with Crippen LogP contribution in [0.25, 0.3) is 0 Å². The topological polar surface area (TPSA) is 23.1 Å². The highest BCUT2D eigenvalue weighted by atomic mass is 16.3. The molecule has 1 heteroatoms. The van der Waals surface area contributed by atoms with Crippen molar-refractivity contribution in [3.8, 4) is 0 Å². The van der Waals surface area contributed by atoms with Crippen molar-refractivity contribution in [1.29, 1.82) is 0 Å². The monoisotopic (exact) mass is 165 g/mol. The molecule has 0 radical (unpaired) electrons. The van der Waals surface area contributed by atoms with E-state index in [-0.39, 0.29) is 6.10 Å². The van der Waals surface area contributed by atoms with Gasteiger partial charge in [-0.1, -0.05) is 24.8 Å². The first kappa shape index (κ1) is 8.31. The van der Waals surface area contributed by atoms with Gasteiger partial charge in [0.15, 0.2) is 0 Å². The number of hydrogen-bond donors (Lipinski definition) is 0. The Bertz CT molecular complexity index is 171. The molecule has 5 atom stereocenters. The van der Waals surface area contributed by atoms with Gasteiger partial charge in [0.2, 0.25) is 0 Å². The summed E-state index contributed by atoms with van der Waals surface area (Å²) < 4.78 is 0. The highest BCUT2D eigenvalue weighted by molar-refractivity contribution is 4.98. The fourth-order valence-corrected chi connectivity index (χ4v) is 3.04. The van der Waals surface area contributed by atoms with Crippen LogP contribution in [0.2, 0.25) is 0 Å². The molecule has 0 aromatic heterocycles. The van der Waals surface area contributed by atoms with E-state index in [1.54, 1.807) is 0 Å². The zero-order chi connectivity index (χ0) is 8.72. The van der Waals surface area contributed by atoms with Crippen LogP contribution in [0.4, 0.5) is 0 Å². The van der Waals surface area contributed by atoms with Gasteiger partial charge in [-0.2, -0.15) is 0 Å². The fourth-order valence-electron chi connectivity index (χ4n) is 3.04. The van der Waals surface area contributed by atoms with Crippen molar-refractivity contribution in [2.75, 3.05) is 0 Å². The molecular weight excluding hydrogens is 148 g/mol. The van der Waals surface area contributed by atoms with Crippen LogP contribution < -0.4 is 5.11 Å². The maximum atomic E-state index is 11.7. The summed E-state index contributed by atoms with van der Waals surface area (Å²) in [5, 5.41) is 11.7. The molecule has 2 bridgehead atoms. The minimum Gasteiger partial charge on any atom is -0.852 e. The van der Waals surface area contributed by atoms with Crippen molar-refractivity contribution in [1.82, 2.24) is 0 Å². The van der Waals surface area contributed by atoms with Crippen LogP contribution in [0.15, 0.2) is 12.7 Å². The molecule has 0 saturated heterocycles. The molecule has 12 heavy (non-hydrogen) atoms. The molecule has 2 aliphatic carbocycles. The van der Waals surface area contributed by atoms with Crippen LogP contribution >= 0.6 is 0 Å². The maximum absolute atomic E-state index is 11.7. The van der Waals surface area contributed by atoms with Crippen molar-refractivity contribution in [2.24, 2.45) is 23.7 Å². The zero-order valence-electron chi connectivity index (χ0n) is 7.70. The van der Waals surface area contributed by atoms with E-state index in [1.807, 2.05) is 6.08 Å². The molecule has 2 aliphatic rings. The van der Waals surface area contributed by atoms with Crippen LogP contribution in [0.5, 0.6) is 0 Å². The Balaban J connectivity index is 2.12. The molecule has 0 aromatic rings. The largest absolute Gasteiger partial charge is 0.852 e. The van der Waals surface area contributed by atoms with E-state index in [0.717, 1.165) is 6.42 Å². The van der Waals surface area contributed by atoms with Crippen molar-refractivity contribution in [3.05, 3.63) is 12.7 Å². The standard InChI is InChI=1S/C11H17O/c1-3-8-4-9-6-10(5-8)11(12)7(9)2/h3,7-11H,1,4-6H2,2H3/q-1. The van der Waals surface area contributed by atoms with E-state index in [4.69, 9.17) is 0 Å². The second-order valence-corrected chi connectivity index (χ2v) is 4.55. The van der Waals surface area contributed by atoms with Gasteiger partial charge in [-0.15, -0.1) is 12.7 Å². The molecular formula is C11H17O-. The van der Waals surface area contributed by atoms with Gasteiger partial charge in [0.05, 0.1) is 0 Å². The number of allylic oxidation sites excluding steroid dienone is 1. The average molecular weight is 165 g/mol. The van der Waals surface area contributed by atoms with E-state index in [0.29, 0.717) is 23.7 Å².